The van der Waals surface area contributed by atoms with Crippen LogP contribution in [0, 0.1) is 5.92 Å². The van der Waals surface area contributed by atoms with Crippen molar-refractivity contribution in [1.29, 1.82) is 0 Å². The van der Waals surface area contributed by atoms with E-state index in [1.54, 1.807) is 14.0 Å². The maximum atomic E-state index is 11.9. The van der Waals surface area contributed by atoms with Crippen LogP contribution in [0.3, 0.4) is 0 Å². The summed E-state index contributed by atoms with van der Waals surface area (Å²) in [5.74, 6) is 1.33. The van der Waals surface area contributed by atoms with E-state index >= 15 is 0 Å². The number of rotatable bonds is 8. The number of aliphatic hydroxyl groups is 1. The molecule has 1 rings (SSSR count). The van der Waals surface area contributed by atoms with Crippen molar-refractivity contribution < 1.29 is 14.6 Å². The number of carbonyl (C=O) groups is 1. The highest BCUT2D eigenvalue weighted by Crippen LogP contribution is 2.21. The van der Waals surface area contributed by atoms with E-state index < -0.39 is 0 Å². The Morgan fingerprint density at radius 3 is 2.38 bits per heavy atom. The van der Waals surface area contributed by atoms with Gasteiger partial charge in [-0.1, -0.05) is 26.0 Å². The minimum Gasteiger partial charge on any atom is -0.497 e. The molecule has 0 aromatic heterocycles. The molecule has 0 spiro atoms. The van der Waals surface area contributed by atoms with E-state index in [4.69, 9.17) is 4.74 Å². The van der Waals surface area contributed by atoms with E-state index in [1.165, 1.54) is 0 Å². The number of hydrogen-bond acceptors (Lipinski definition) is 3. The first-order chi connectivity index (χ1) is 9.92. The highest BCUT2D eigenvalue weighted by molar-refractivity contribution is 5.76. The molecular weight excluding hydrogens is 266 g/mol. The fourth-order valence-corrected chi connectivity index (χ4v) is 2.35. The molecule has 0 saturated heterocycles. The van der Waals surface area contributed by atoms with Gasteiger partial charge in [0.1, 0.15) is 5.75 Å². The Morgan fingerprint density at radius 2 is 1.86 bits per heavy atom. The second-order valence-corrected chi connectivity index (χ2v) is 5.87. The predicted molar refractivity (Wildman–Crippen MR) is 84.5 cm³/mol. The van der Waals surface area contributed by atoms with Gasteiger partial charge in [0.25, 0.3) is 0 Å². The molecule has 118 valence electrons. The summed E-state index contributed by atoms with van der Waals surface area (Å²) in [5.41, 5.74) is 1.13. The van der Waals surface area contributed by atoms with Crippen molar-refractivity contribution in [2.45, 2.75) is 45.6 Å². The molecule has 0 bridgehead atoms. The molecule has 3 atom stereocenters. The number of benzene rings is 1. The number of methoxy groups -OCH3 is 1. The van der Waals surface area contributed by atoms with Crippen LogP contribution in [-0.2, 0) is 4.79 Å². The topological polar surface area (TPSA) is 58.6 Å². The van der Waals surface area contributed by atoms with Crippen LogP contribution in [0.1, 0.15) is 45.1 Å². The van der Waals surface area contributed by atoms with Crippen molar-refractivity contribution >= 4 is 5.91 Å². The van der Waals surface area contributed by atoms with Crippen molar-refractivity contribution in [2.24, 2.45) is 5.92 Å². The fourth-order valence-electron chi connectivity index (χ4n) is 2.35. The van der Waals surface area contributed by atoms with Crippen LogP contribution in [0.25, 0.3) is 0 Å². The smallest absolute Gasteiger partial charge is 0.220 e. The first kappa shape index (κ1) is 17.5. The summed E-state index contributed by atoms with van der Waals surface area (Å²) in [4.78, 5) is 11.9. The zero-order chi connectivity index (χ0) is 15.8. The lowest BCUT2D eigenvalue weighted by atomic mass is 9.97. The molecule has 1 aromatic rings. The maximum Gasteiger partial charge on any atom is 0.220 e. The summed E-state index contributed by atoms with van der Waals surface area (Å²) >= 11 is 0. The Bertz CT molecular complexity index is 428. The third-order valence-corrected chi connectivity index (χ3v) is 3.57. The standard InChI is InChI=1S/C17H27NO3/c1-12(9-14(3)19)11-18-17(20)10-13(2)15-5-7-16(21-4)8-6-15/h5-8,12-14,19H,9-11H2,1-4H3,(H,18,20). The van der Waals surface area contributed by atoms with Crippen molar-refractivity contribution in [2.75, 3.05) is 13.7 Å². The van der Waals surface area contributed by atoms with Crippen molar-refractivity contribution in [3.05, 3.63) is 29.8 Å². The number of aliphatic hydroxyl groups excluding tert-OH is 1. The lowest BCUT2D eigenvalue weighted by molar-refractivity contribution is -0.121. The lowest BCUT2D eigenvalue weighted by Gasteiger charge is -2.16. The molecule has 3 unspecified atom stereocenters. The van der Waals surface area contributed by atoms with Crippen LogP contribution < -0.4 is 10.1 Å². The minimum absolute atomic E-state index is 0.0516. The van der Waals surface area contributed by atoms with Gasteiger partial charge in [-0.25, -0.2) is 0 Å². The van der Waals surface area contributed by atoms with E-state index in [2.05, 4.69) is 5.32 Å². The first-order valence-electron chi connectivity index (χ1n) is 7.51. The van der Waals surface area contributed by atoms with Crippen LogP contribution in [0.4, 0.5) is 0 Å². The van der Waals surface area contributed by atoms with Gasteiger partial charge in [0, 0.05) is 13.0 Å². The zero-order valence-electron chi connectivity index (χ0n) is 13.4. The molecule has 0 aliphatic heterocycles. The van der Waals surface area contributed by atoms with E-state index in [1.807, 2.05) is 38.1 Å². The molecule has 0 radical (unpaired) electrons. The highest BCUT2D eigenvalue weighted by Gasteiger charge is 2.13. The Balaban J connectivity index is 2.39. The summed E-state index contributed by atoms with van der Waals surface area (Å²) < 4.78 is 5.13. The lowest BCUT2D eigenvalue weighted by Crippen LogP contribution is -2.30. The second-order valence-electron chi connectivity index (χ2n) is 5.87. The van der Waals surface area contributed by atoms with Crippen molar-refractivity contribution in [1.82, 2.24) is 5.32 Å². The maximum absolute atomic E-state index is 11.9. The monoisotopic (exact) mass is 293 g/mol. The molecule has 1 aromatic carbocycles. The van der Waals surface area contributed by atoms with E-state index in [0.29, 0.717) is 19.4 Å². The summed E-state index contributed by atoms with van der Waals surface area (Å²) in [7, 11) is 1.64. The SMILES string of the molecule is COc1ccc(C(C)CC(=O)NCC(C)CC(C)O)cc1. The fraction of sp³-hybridized carbons (Fsp3) is 0.588. The zero-order valence-corrected chi connectivity index (χ0v) is 13.4. The molecule has 0 fully saturated rings. The number of hydrogen-bond donors (Lipinski definition) is 2. The number of carbonyl (C=O) groups excluding carboxylic acids is 1. The third-order valence-electron chi connectivity index (χ3n) is 3.57. The van der Waals surface area contributed by atoms with Gasteiger partial charge in [-0.2, -0.15) is 0 Å². The molecule has 1 amide bonds. The van der Waals surface area contributed by atoms with Crippen LogP contribution in [0.15, 0.2) is 24.3 Å². The van der Waals surface area contributed by atoms with Gasteiger partial charge >= 0.3 is 0 Å². The summed E-state index contributed by atoms with van der Waals surface area (Å²) in [5, 5.41) is 12.2. The van der Waals surface area contributed by atoms with Gasteiger partial charge in [0.15, 0.2) is 0 Å². The Morgan fingerprint density at radius 1 is 1.24 bits per heavy atom. The third kappa shape index (κ3) is 6.63. The molecule has 0 heterocycles. The highest BCUT2D eigenvalue weighted by atomic mass is 16.5. The van der Waals surface area contributed by atoms with Crippen LogP contribution in [0.2, 0.25) is 0 Å². The minimum atomic E-state index is -0.324. The Labute approximate surface area is 127 Å². The Hall–Kier alpha value is -1.55. The summed E-state index contributed by atoms with van der Waals surface area (Å²) in [6.45, 7) is 6.45. The van der Waals surface area contributed by atoms with E-state index in [9.17, 15) is 9.90 Å². The van der Waals surface area contributed by atoms with Crippen LogP contribution in [0.5, 0.6) is 5.75 Å². The quantitative estimate of drug-likeness (QED) is 0.775. The van der Waals surface area contributed by atoms with Gasteiger partial charge in [0.2, 0.25) is 5.91 Å². The molecular formula is C17H27NO3. The van der Waals surface area contributed by atoms with E-state index in [-0.39, 0.29) is 23.8 Å². The average Bonchev–Trinajstić information content (AvgIpc) is 2.44. The number of amides is 1. The molecule has 0 saturated carbocycles. The second kappa shape index (κ2) is 8.67. The van der Waals surface area contributed by atoms with Crippen molar-refractivity contribution in [3.63, 3.8) is 0 Å². The first-order valence-corrected chi connectivity index (χ1v) is 7.51. The summed E-state index contributed by atoms with van der Waals surface area (Å²) in [6, 6.07) is 7.81. The van der Waals surface area contributed by atoms with Gasteiger partial charge in [-0.3, -0.25) is 4.79 Å². The van der Waals surface area contributed by atoms with Gasteiger partial charge in [0.05, 0.1) is 13.2 Å². The molecule has 4 nitrogen and oxygen atoms in total. The van der Waals surface area contributed by atoms with Crippen LogP contribution >= 0.6 is 0 Å². The molecule has 0 aliphatic carbocycles. The van der Waals surface area contributed by atoms with Crippen molar-refractivity contribution in [3.8, 4) is 5.75 Å². The van der Waals surface area contributed by atoms with E-state index in [0.717, 1.165) is 11.3 Å². The summed E-state index contributed by atoms with van der Waals surface area (Å²) in [6.07, 6.45) is 0.845. The van der Waals surface area contributed by atoms with Gasteiger partial charge in [-0.05, 0) is 42.9 Å². The largest absolute Gasteiger partial charge is 0.497 e. The molecule has 21 heavy (non-hydrogen) atoms. The van der Waals surface area contributed by atoms with Crippen LogP contribution in [-0.4, -0.2) is 30.8 Å². The number of nitrogens with one attached hydrogen (secondary N) is 1. The number of ether oxygens (including phenoxy) is 1. The van der Waals surface area contributed by atoms with Gasteiger partial charge in [-0.15, -0.1) is 0 Å². The van der Waals surface area contributed by atoms with Gasteiger partial charge < -0.3 is 15.2 Å². The average molecular weight is 293 g/mol. The molecule has 0 aliphatic rings. The molecule has 2 N–H and O–H groups in total. The molecule has 4 heteroatoms. The normalized spacial score (nSPS) is 15.1. The Kier molecular flexibility index (Phi) is 7.23. The predicted octanol–water partition coefficient (Wildman–Crippen LogP) is 2.71.